The standard InChI is InChI=1S/C17H21ClN4O3S/c1-2-4-14-12-16(20-19-14)17(23)21-7-9-22(10-8-21)26(24,25)15-6-3-5-13(18)11-15/h3,5-6,11-12H,2,4,7-10H2,1H3,(H,19,20). The average molecular weight is 397 g/mol. The fourth-order valence-electron chi connectivity index (χ4n) is 2.94. The van der Waals surface area contributed by atoms with Gasteiger partial charge in [0.15, 0.2) is 0 Å². The molecule has 140 valence electrons. The van der Waals surface area contributed by atoms with Crippen LogP contribution in [0.5, 0.6) is 0 Å². The van der Waals surface area contributed by atoms with Gasteiger partial charge in [0.2, 0.25) is 10.0 Å². The summed E-state index contributed by atoms with van der Waals surface area (Å²) >= 11 is 5.90. The Kier molecular flexibility index (Phi) is 5.64. The largest absolute Gasteiger partial charge is 0.335 e. The van der Waals surface area contributed by atoms with Crippen molar-refractivity contribution in [3.8, 4) is 0 Å². The second-order valence-corrected chi connectivity index (χ2v) is 8.56. The minimum Gasteiger partial charge on any atom is -0.335 e. The quantitative estimate of drug-likeness (QED) is 0.839. The number of aromatic amines is 1. The molecule has 0 unspecified atom stereocenters. The molecule has 1 aromatic carbocycles. The first-order chi connectivity index (χ1) is 12.4. The van der Waals surface area contributed by atoms with E-state index in [1.165, 1.54) is 16.4 Å². The molecule has 0 atom stereocenters. The summed E-state index contributed by atoms with van der Waals surface area (Å²) in [6.07, 6.45) is 1.81. The van der Waals surface area contributed by atoms with E-state index in [1.807, 2.05) is 0 Å². The van der Waals surface area contributed by atoms with Crippen LogP contribution >= 0.6 is 11.6 Å². The van der Waals surface area contributed by atoms with E-state index in [-0.39, 0.29) is 23.9 Å². The highest BCUT2D eigenvalue weighted by molar-refractivity contribution is 7.89. The SMILES string of the molecule is CCCc1cc(C(=O)N2CCN(S(=O)(=O)c3cccc(Cl)c3)CC2)n[nH]1. The molecular weight excluding hydrogens is 376 g/mol. The number of carbonyl (C=O) groups excluding carboxylic acids is 1. The van der Waals surface area contributed by atoms with Gasteiger partial charge >= 0.3 is 0 Å². The molecule has 1 aliphatic rings. The van der Waals surface area contributed by atoms with Crippen molar-refractivity contribution in [2.24, 2.45) is 0 Å². The minimum atomic E-state index is -3.61. The summed E-state index contributed by atoms with van der Waals surface area (Å²) in [6.45, 7) is 3.20. The smallest absolute Gasteiger partial charge is 0.274 e. The maximum absolute atomic E-state index is 12.7. The molecule has 0 saturated carbocycles. The Bertz CT molecular complexity index is 889. The summed E-state index contributed by atoms with van der Waals surface area (Å²) in [5, 5.41) is 7.32. The molecule has 0 aliphatic carbocycles. The summed E-state index contributed by atoms with van der Waals surface area (Å²) in [4.78, 5) is 14.3. The average Bonchev–Trinajstić information content (AvgIpc) is 3.10. The Balaban J connectivity index is 1.65. The number of hydrogen-bond acceptors (Lipinski definition) is 4. The number of amides is 1. The van der Waals surface area contributed by atoms with Crippen LogP contribution < -0.4 is 0 Å². The molecule has 1 N–H and O–H groups in total. The topological polar surface area (TPSA) is 86.4 Å². The fraction of sp³-hybridized carbons (Fsp3) is 0.412. The van der Waals surface area contributed by atoms with Crippen LogP contribution in [0.1, 0.15) is 29.5 Å². The first-order valence-electron chi connectivity index (χ1n) is 8.51. The predicted molar refractivity (Wildman–Crippen MR) is 98.7 cm³/mol. The minimum absolute atomic E-state index is 0.168. The van der Waals surface area contributed by atoms with Crippen LogP contribution in [0.15, 0.2) is 35.2 Å². The molecule has 1 saturated heterocycles. The van der Waals surface area contributed by atoms with Crippen LogP contribution in [-0.2, 0) is 16.4 Å². The van der Waals surface area contributed by atoms with Crippen LogP contribution in [0.3, 0.4) is 0 Å². The molecule has 0 radical (unpaired) electrons. The van der Waals surface area contributed by atoms with Gasteiger partial charge in [0, 0.05) is 36.9 Å². The van der Waals surface area contributed by atoms with Crippen molar-refractivity contribution in [3.63, 3.8) is 0 Å². The van der Waals surface area contributed by atoms with Crippen LogP contribution in [0.4, 0.5) is 0 Å². The highest BCUT2D eigenvalue weighted by Crippen LogP contribution is 2.21. The second kappa shape index (κ2) is 7.77. The van der Waals surface area contributed by atoms with Crippen molar-refractivity contribution >= 4 is 27.5 Å². The van der Waals surface area contributed by atoms with E-state index in [2.05, 4.69) is 17.1 Å². The molecule has 3 rings (SSSR count). The molecule has 0 spiro atoms. The first kappa shape index (κ1) is 18.9. The van der Waals surface area contributed by atoms with E-state index < -0.39 is 10.0 Å². The number of sulfonamides is 1. The number of carbonyl (C=O) groups is 1. The zero-order valence-electron chi connectivity index (χ0n) is 14.5. The molecule has 9 heteroatoms. The number of aromatic nitrogens is 2. The van der Waals surface area contributed by atoms with E-state index in [9.17, 15) is 13.2 Å². The summed E-state index contributed by atoms with van der Waals surface area (Å²) in [5.74, 6) is -0.177. The Labute approximate surface area is 158 Å². The Morgan fingerprint density at radius 1 is 1.23 bits per heavy atom. The third kappa shape index (κ3) is 3.92. The van der Waals surface area contributed by atoms with Crippen molar-refractivity contribution in [2.75, 3.05) is 26.2 Å². The summed E-state index contributed by atoms with van der Waals surface area (Å²) in [5.41, 5.74) is 1.30. The van der Waals surface area contributed by atoms with Crippen LogP contribution in [0, 0.1) is 0 Å². The molecule has 1 fully saturated rings. The van der Waals surface area contributed by atoms with Gasteiger partial charge < -0.3 is 4.90 Å². The van der Waals surface area contributed by atoms with Gasteiger partial charge in [-0.25, -0.2) is 8.42 Å². The summed E-state index contributed by atoms with van der Waals surface area (Å²) in [6, 6.07) is 7.97. The molecule has 1 aliphatic heterocycles. The first-order valence-corrected chi connectivity index (χ1v) is 10.3. The molecular formula is C17H21ClN4O3S. The number of nitrogens with one attached hydrogen (secondary N) is 1. The van der Waals surface area contributed by atoms with E-state index in [0.717, 1.165) is 18.5 Å². The number of aryl methyl sites for hydroxylation is 1. The van der Waals surface area contributed by atoms with Gasteiger partial charge in [-0.3, -0.25) is 9.89 Å². The van der Waals surface area contributed by atoms with Gasteiger partial charge in [-0.05, 0) is 30.7 Å². The van der Waals surface area contributed by atoms with Gasteiger partial charge in [-0.1, -0.05) is 31.0 Å². The molecule has 1 aromatic heterocycles. The maximum atomic E-state index is 12.7. The zero-order chi connectivity index (χ0) is 18.7. The number of nitrogens with zero attached hydrogens (tertiary/aromatic N) is 3. The van der Waals surface area contributed by atoms with Crippen molar-refractivity contribution in [3.05, 3.63) is 46.7 Å². The third-order valence-electron chi connectivity index (χ3n) is 4.33. The normalized spacial score (nSPS) is 16.0. The summed E-state index contributed by atoms with van der Waals surface area (Å²) in [7, 11) is -3.61. The lowest BCUT2D eigenvalue weighted by Gasteiger charge is -2.33. The van der Waals surface area contributed by atoms with Gasteiger partial charge in [0.25, 0.3) is 5.91 Å². The van der Waals surface area contributed by atoms with E-state index >= 15 is 0 Å². The van der Waals surface area contributed by atoms with Crippen LogP contribution in [0.2, 0.25) is 5.02 Å². The highest BCUT2D eigenvalue weighted by Gasteiger charge is 2.31. The maximum Gasteiger partial charge on any atom is 0.274 e. The number of halogens is 1. The molecule has 7 nitrogen and oxygen atoms in total. The monoisotopic (exact) mass is 396 g/mol. The van der Waals surface area contributed by atoms with Gasteiger partial charge in [0.05, 0.1) is 4.90 Å². The second-order valence-electron chi connectivity index (χ2n) is 6.18. The van der Waals surface area contributed by atoms with E-state index in [4.69, 9.17) is 11.6 Å². The Morgan fingerprint density at radius 3 is 2.62 bits per heavy atom. The number of piperazine rings is 1. The molecule has 1 amide bonds. The van der Waals surface area contributed by atoms with E-state index in [1.54, 1.807) is 23.1 Å². The van der Waals surface area contributed by atoms with Crippen molar-refractivity contribution in [1.29, 1.82) is 0 Å². The number of H-pyrrole nitrogens is 1. The van der Waals surface area contributed by atoms with Crippen LogP contribution in [0.25, 0.3) is 0 Å². The lowest BCUT2D eigenvalue weighted by molar-refractivity contribution is 0.0692. The van der Waals surface area contributed by atoms with Crippen molar-refractivity contribution in [2.45, 2.75) is 24.7 Å². The molecule has 0 bridgehead atoms. The fourth-order valence-corrected chi connectivity index (χ4v) is 4.66. The number of rotatable bonds is 5. The highest BCUT2D eigenvalue weighted by atomic mass is 35.5. The van der Waals surface area contributed by atoms with Crippen molar-refractivity contribution < 1.29 is 13.2 Å². The van der Waals surface area contributed by atoms with Crippen LogP contribution in [-0.4, -0.2) is 59.9 Å². The van der Waals surface area contributed by atoms with Gasteiger partial charge in [-0.2, -0.15) is 9.40 Å². The van der Waals surface area contributed by atoms with Crippen molar-refractivity contribution in [1.82, 2.24) is 19.4 Å². The molecule has 2 heterocycles. The molecule has 26 heavy (non-hydrogen) atoms. The number of hydrogen-bond donors (Lipinski definition) is 1. The number of benzene rings is 1. The third-order valence-corrected chi connectivity index (χ3v) is 6.46. The lowest BCUT2D eigenvalue weighted by Crippen LogP contribution is -2.50. The Hall–Kier alpha value is -1.90. The van der Waals surface area contributed by atoms with Gasteiger partial charge in [0.1, 0.15) is 5.69 Å². The van der Waals surface area contributed by atoms with E-state index in [0.29, 0.717) is 23.8 Å². The predicted octanol–water partition coefficient (Wildman–Crippen LogP) is 2.16. The van der Waals surface area contributed by atoms with Gasteiger partial charge in [-0.15, -0.1) is 0 Å². The lowest BCUT2D eigenvalue weighted by atomic mass is 10.2. The zero-order valence-corrected chi connectivity index (χ0v) is 16.1. The summed E-state index contributed by atoms with van der Waals surface area (Å²) < 4.78 is 26.8. The Morgan fingerprint density at radius 2 is 1.96 bits per heavy atom. The molecule has 2 aromatic rings.